The van der Waals surface area contributed by atoms with Crippen molar-refractivity contribution < 1.29 is 4.79 Å². The number of anilines is 1. The minimum Gasteiger partial charge on any atom is -0.311 e. The van der Waals surface area contributed by atoms with Crippen molar-refractivity contribution in [3.63, 3.8) is 0 Å². The Morgan fingerprint density at radius 3 is 2.67 bits per heavy atom. The highest BCUT2D eigenvalue weighted by Gasteiger charge is 2.29. The van der Waals surface area contributed by atoms with Crippen molar-refractivity contribution in [3.8, 4) is 5.69 Å². The second kappa shape index (κ2) is 7.58. The summed E-state index contributed by atoms with van der Waals surface area (Å²) in [6.45, 7) is 4.73. The molecule has 2 aromatic carbocycles. The van der Waals surface area contributed by atoms with Crippen molar-refractivity contribution in [1.82, 2.24) is 9.78 Å². The van der Waals surface area contributed by atoms with Gasteiger partial charge in [-0.3, -0.25) is 4.79 Å². The number of rotatable bonds is 4. The Balaban J connectivity index is 1.53. The summed E-state index contributed by atoms with van der Waals surface area (Å²) in [5, 5.41) is 4.44. The summed E-state index contributed by atoms with van der Waals surface area (Å²) in [7, 11) is 0. The molecule has 1 aromatic heterocycles. The SMILES string of the molecule is Cc1ccccc1-n1nc(S[C@@H](C)C(=O)N2CCc3ccccc32)sc1=S. The summed E-state index contributed by atoms with van der Waals surface area (Å²) >= 11 is 8.43. The number of carbonyl (C=O) groups excluding carboxylic acids is 1. The molecule has 0 unspecified atom stereocenters. The standard InChI is InChI=1S/C20H19N3OS3/c1-13-7-3-5-9-16(13)23-20(25)27-19(21-23)26-14(2)18(24)22-12-11-15-8-4-6-10-17(15)22/h3-10,14H,11-12H2,1-2H3/t14-/m0/s1. The third-order valence-electron chi connectivity index (χ3n) is 4.65. The van der Waals surface area contributed by atoms with Crippen LogP contribution < -0.4 is 4.90 Å². The summed E-state index contributed by atoms with van der Waals surface area (Å²) in [5.41, 5.74) is 4.38. The van der Waals surface area contributed by atoms with E-state index in [0.717, 1.165) is 34.2 Å². The van der Waals surface area contributed by atoms with E-state index in [1.165, 1.54) is 28.7 Å². The van der Waals surface area contributed by atoms with Gasteiger partial charge in [0.1, 0.15) is 0 Å². The van der Waals surface area contributed by atoms with E-state index in [9.17, 15) is 4.79 Å². The molecule has 1 aliphatic heterocycles. The number of thioether (sulfide) groups is 1. The zero-order valence-corrected chi connectivity index (χ0v) is 17.5. The van der Waals surface area contributed by atoms with Crippen molar-refractivity contribution in [1.29, 1.82) is 0 Å². The van der Waals surface area contributed by atoms with E-state index in [4.69, 9.17) is 12.2 Å². The van der Waals surface area contributed by atoms with Gasteiger partial charge in [-0.25, -0.2) is 4.68 Å². The summed E-state index contributed by atoms with van der Waals surface area (Å²) in [6.07, 6.45) is 0.917. The number of carbonyl (C=O) groups is 1. The Hall–Kier alpha value is -1.96. The van der Waals surface area contributed by atoms with Gasteiger partial charge >= 0.3 is 0 Å². The molecule has 0 fully saturated rings. The molecular formula is C20H19N3OS3. The van der Waals surface area contributed by atoms with E-state index in [2.05, 4.69) is 11.2 Å². The molecule has 1 aliphatic rings. The third kappa shape index (κ3) is 3.59. The first-order valence-electron chi connectivity index (χ1n) is 8.76. The highest BCUT2D eigenvalue weighted by Crippen LogP contribution is 2.33. The van der Waals surface area contributed by atoms with Gasteiger partial charge in [0.2, 0.25) is 5.91 Å². The van der Waals surface area contributed by atoms with Crippen molar-refractivity contribution in [2.24, 2.45) is 0 Å². The number of amides is 1. The van der Waals surface area contributed by atoms with Crippen LogP contribution in [0.4, 0.5) is 5.69 Å². The van der Waals surface area contributed by atoms with Gasteiger partial charge in [0.05, 0.1) is 10.9 Å². The molecule has 1 amide bonds. The van der Waals surface area contributed by atoms with Crippen LogP contribution in [0.15, 0.2) is 52.9 Å². The van der Waals surface area contributed by atoms with Crippen molar-refractivity contribution >= 4 is 46.9 Å². The van der Waals surface area contributed by atoms with Crippen molar-refractivity contribution in [3.05, 3.63) is 63.6 Å². The fraction of sp³-hybridized carbons (Fsp3) is 0.250. The third-order valence-corrected chi connectivity index (χ3v) is 7.06. The Bertz CT molecular complexity index is 1060. The summed E-state index contributed by atoms with van der Waals surface area (Å²) in [5.74, 6) is 0.119. The van der Waals surface area contributed by atoms with E-state index >= 15 is 0 Å². The lowest BCUT2D eigenvalue weighted by molar-refractivity contribution is -0.117. The molecule has 0 radical (unpaired) electrons. The van der Waals surface area contributed by atoms with Crippen LogP contribution in [-0.4, -0.2) is 27.5 Å². The van der Waals surface area contributed by atoms with Gasteiger partial charge in [-0.05, 0) is 55.7 Å². The van der Waals surface area contributed by atoms with Gasteiger partial charge in [-0.1, -0.05) is 59.5 Å². The number of para-hydroxylation sites is 2. The Kier molecular flexibility index (Phi) is 5.16. The molecule has 0 saturated heterocycles. The lowest BCUT2D eigenvalue weighted by Gasteiger charge is -2.20. The van der Waals surface area contributed by atoms with Crippen LogP contribution in [0.2, 0.25) is 0 Å². The zero-order valence-electron chi connectivity index (χ0n) is 15.1. The van der Waals surface area contributed by atoms with Crippen LogP contribution in [-0.2, 0) is 11.2 Å². The second-order valence-corrected chi connectivity index (χ2v) is 9.67. The predicted molar refractivity (Wildman–Crippen MR) is 115 cm³/mol. The van der Waals surface area contributed by atoms with E-state index in [1.807, 2.05) is 61.2 Å². The van der Waals surface area contributed by atoms with Gasteiger partial charge in [-0.15, -0.1) is 5.10 Å². The average molecular weight is 414 g/mol. The molecule has 27 heavy (non-hydrogen) atoms. The highest BCUT2D eigenvalue weighted by atomic mass is 32.2. The molecule has 2 heterocycles. The van der Waals surface area contributed by atoms with E-state index in [-0.39, 0.29) is 11.2 Å². The topological polar surface area (TPSA) is 38.1 Å². The summed E-state index contributed by atoms with van der Waals surface area (Å²) < 4.78 is 3.30. The van der Waals surface area contributed by atoms with Crippen molar-refractivity contribution in [2.45, 2.75) is 29.9 Å². The first-order valence-corrected chi connectivity index (χ1v) is 10.9. The number of nitrogens with zero attached hydrogens (tertiary/aromatic N) is 3. The number of aryl methyl sites for hydroxylation is 1. The lowest BCUT2D eigenvalue weighted by atomic mass is 10.2. The quantitative estimate of drug-likeness (QED) is 0.444. The fourth-order valence-corrected chi connectivity index (χ4v) is 5.80. The molecule has 0 bridgehead atoms. The molecule has 0 saturated carbocycles. The summed E-state index contributed by atoms with van der Waals surface area (Å²) in [6, 6.07) is 16.2. The van der Waals surface area contributed by atoms with E-state index in [1.54, 1.807) is 4.68 Å². The number of hydrogen-bond donors (Lipinski definition) is 0. The Morgan fingerprint density at radius 1 is 1.19 bits per heavy atom. The van der Waals surface area contributed by atoms with Crippen molar-refractivity contribution in [2.75, 3.05) is 11.4 Å². The minimum absolute atomic E-state index is 0.119. The molecule has 0 aliphatic carbocycles. The maximum atomic E-state index is 13.0. The van der Waals surface area contributed by atoms with Crippen LogP contribution in [0.5, 0.6) is 0 Å². The number of aromatic nitrogens is 2. The van der Waals surface area contributed by atoms with Gasteiger partial charge in [-0.2, -0.15) is 0 Å². The first-order chi connectivity index (χ1) is 13.0. The molecule has 0 N–H and O–H groups in total. The smallest absolute Gasteiger partial charge is 0.240 e. The molecule has 4 nitrogen and oxygen atoms in total. The van der Waals surface area contributed by atoms with Crippen LogP contribution in [0.1, 0.15) is 18.1 Å². The van der Waals surface area contributed by atoms with E-state index in [0.29, 0.717) is 3.95 Å². The molecule has 4 rings (SSSR count). The van der Waals surface area contributed by atoms with Gasteiger partial charge in [0.15, 0.2) is 8.29 Å². The van der Waals surface area contributed by atoms with Gasteiger partial charge in [0, 0.05) is 12.2 Å². The maximum absolute atomic E-state index is 13.0. The minimum atomic E-state index is -0.220. The van der Waals surface area contributed by atoms with Crippen LogP contribution in [0.3, 0.4) is 0 Å². The second-order valence-electron chi connectivity index (χ2n) is 6.46. The number of benzene rings is 2. The molecular weight excluding hydrogens is 394 g/mol. The van der Waals surface area contributed by atoms with Crippen LogP contribution >= 0.6 is 35.3 Å². The zero-order chi connectivity index (χ0) is 19.0. The predicted octanol–water partition coefficient (Wildman–Crippen LogP) is 5.04. The monoisotopic (exact) mass is 413 g/mol. The van der Waals surface area contributed by atoms with Gasteiger partial charge in [0.25, 0.3) is 0 Å². The Morgan fingerprint density at radius 2 is 1.89 bits per heavy atom. The molecule has 1 atom stereocenters. The lowest BCUT2D eigenvalue weighted by Crippen LogP contribution is -2.35. The fourth-order valence-electron chi connectivity index (χ4n) is 3.25. The maximum Gasteiger partial charge on any atom is 0.240 e. The molecule has 138 valence electrons. The van der Waals surface area contributed by atoms with E-state index < -0.39 is 0 Å². The normalized spacial score (nSPS) is 14.2. The number of hydrogen-bond acceptors (Lipinski definition) is 5. The highest BCUT2D eigenvalue weighted by molar-refractivity contribution is 8.02. The first kappa shape index (κ1) is 18.4. The molecule has 3 aromatic rings. The molecule has 0 spiro atoms. The van der Waals surface area contributed by atoms with Gasteiger partial charge < -0.3 is 4.90 Å². The summed E-state index contributed by atoms with van der Waals surface area (Å²) in [4.78, 5) is 14.9. The molecule has 7 heteroatoms. The Labute approximate surface area is 171 Å². The average Bonchev–Trinajstić information content (AvgIpc) is 3.25. The number of fused-ring (bicyclic) bond motifs is 1. The largest absolute Gasteiger partial charge is 0.311 e. The van der Waals surface area contributed by atoms with Crippen LogP contribution in [0.25, 0.3) is 5.69 Å². The van der Waals surface area contributed by atoms with Crippen LogP contribution in [0, 0.1) is 10.9 Å².